The molecule has 1 N–H and O–H groups in total. The van der Waals surface area contributed by atoms with Gasteiger partial charge in [-0.05, 0) is 37.6 Å². The molecule has 152 valence electrons. The van der Waals surface area contributed by atoms with Crippen molar-refractivity contribution in [1.82, 2.24) is 9.88 Å². The molecule has 1 saturated heterocycles. The number of hydrogen-bond acceptors (Lipinski definition) is 6. The second-order valence-corrected chi connectivity index (χ2v) is 8.24. The summed E-state index contributed by atoms with van der Waals surface area (Å²) in [4.78, 5) is 18.8. The Morgan fingerprint density at radius 1 is 1.21 bits per heavy atom. The molecular formula is C22H24N2O4S. The maximum Gasteiger partial charge on any atom is 0.307 e. The van der Waals surface area contributed by atoms with Crippen molar-refractivity contribution < 1.29 is 19.4 Å². The smallest absolute Gasteiger partial charge is 0.307 e. The Bertz CT molecular complexity index is 986. The molecule has 3 aromatic rings. The summed E-state index contributed by atoms with van der Waals surface area (Å²) in [6, 6.07) is 13.7. The van der Waals surface area contributed by atoms with Crippen LogP contribution in [0.1, 0.15) is 29.5 Å². The van der Waals surface area contributed by atoms with Crippen molar-refractivity contribution in [3.63, 3.8) is 0 Å². The van der Waals surface area contributed by atoms with Crippen molar-refractivity contribution in [3.8, 4) is 11.5 Å². The molecule has 0 spiro atoms. The summed E-state index contributed by atoms with van der Waals surface area (Å²) >= 11 is 1.64. The molecule has 0 bridgehead atoms. The number of benzene rings is 2. The van der Waals surface area contributed by atoms with Gasteiger partial charge in [0.2, 0.25) is 0 Å². The van der Waals surface area contributed by atoms with E-state index < -0.39 is 5.97 Å². The highest BCUT2D eigenvalue weighted by molar-refractivity contribution is 7.18. The van der Waals surface area contributed by atoms with Crippen LogP contribution in [0.3, 0.4) is 0 Å². The van der Waals surface area contributed by atoms with Crippen molar-refractivity contribution in [2.45, 2.75) is 18.9 Å². The number of piperidine rings is 1. The van der Waals surface area contributed by atoms with Crippen molar-refractivity contribution in [1.29, 1.82) is 0 Å². The molecule has 0 amide bonds. The lowest BCUT2D eigenvalue weighted by Gasteiger charge is -2.36. The van der Waals surface area contributed by atoms with E-state index in [1.165, 1.54) is 0 Å². The average molecular weight is 413 g/mol. The van der Waals surface area contributed by atoms with E-state index in [1.54, 1.807) is 25.6 Å². The Hall–Kier alpha value is -2.64. The number of hydrogen-bond donors (Lipinski definition) is 1. The summed E-state index contributed by atoms with van der Waals surface area (Å²) in [5.41, 5.74) is 1.89. The fraction of sp³-hybridized carbons (Fsp3) is 0.364. The number of carboxylic acid groups (broad SMARTS) is 1. The highest BCUT2D eigenvalue weighted by atomic mass is 32.1. The van der Waals surface area contributed by atoms with E-state index >= 15 is 0 Å². The number of carboxylic acids is 1. The van der Waals surface area contributed by atoms with E-state index in [4.69, 9.17) is 14.5 Å². The topological polar surface area (TPSA) is 71.9 Å². The zero-order chi connectivity index (χ0) is 20.4. The molecule has 7 heteroatoms. The number of nitrogens with zero attached hydrogens (tertiary/aromatic N) is 2. The second kappa shape index (κ2) is 8.39. The van der Waals surface area contributed by atoms with Gasteiger partial charge in [-0.2, -0.15) is 0 Å². The van der Waals surface area contributed by atoms with Crippen molar-refractivity contribution >= 4 is 27.5 Å². The number of rotatable bonds is 6. The standard InChI is InChI=1S/C22H24N2O4S/c1-27-17-10-5-8-15(20(17)28-2)19(24-12-6-7-14(13-24)22(25)26)21-23-16-9-3-4-11-18(16)29-21/h3-5,8-11,14,19H,6-7,12-13H2,1-2H3,(H,25,26). The molecule has 1 aliphatic heterocycles. The molecule has 6 nitrogen and oxygen atoms in total. The van der Waals surface area contributed by atoms with E-state index in [-0.39, 0.29) is 12.0 Å². The molecule has 2 atom stereocenters. The predicted octanol–water partition coefficient (Wildman–Crippen LogP) is 4.20. The Balaban J connectivity index is 1.84. The van der Waals surface area contributed by atoms with Crippen LogP contribution in [-0.2, 0) is 4.79 Å². The van der Waals surface area contributed by atoms with Crippen molar-refractivity contribution in [2.75, 3.05) is 27.3 Å². The van der Waals surface area contributed by atoms with E-state index in [0.29, 0.717) is 24.5 Å². The monoisotopic (exact) mass is 412 g/mol. The number of likely N-dealkylation sites (tertiary alicyclic amines) is 1. The van der Waals surface area contributed by atoms with Crippen LogP contribution in [0.2, 0.25) is 0 Å². The fourth-order valence-electron chi connectivity index (χ4n) is 4.06. The third-order valence-corrected chi connectivity index (χ3v) is 6.53. The fourth-order valence-corrected chi connectivity index (χ4v) is 5.18. The van der Waals surface area contributed by atoms with E-state index in [9.17, 15) is 9.90 Å². The molecule has 2 aromatic carbocycles. The lowest BCUT2D eigenvalue weighted by atomic mass is 9.94. The third-order valence-electron chi connectivity index (χ3n) is 5.44. The average Bonchev–Trinajstić information content (AvgIpc) is 3.17. The van der Waals surface area contributed by atoms with Crippen molar-refractivity contribution in [2.24, 2.45) is 5.92 Å². The van der Waals surface area contributed by atoms with Crippen molar-refractivity contribution in [3.05, 3.63) is 53.0 Å². The van der Waals surface area contributed by atoms with Gasteiger partial charge in [-0.1, -0.05) is 24.3 Å². The largest absolute Gasteiger partial charge is 0.493 e. The normalized spacial score (nSPS) is 18.5. The molecule has 0 saturated carbocycles. The van der Waals surface area contributed by atoms with Crippen LogP contribution in [0.25, 0.3) is 10.2 Å². The number of methoxy groups -OCH3 is 2. The zero-order valence-corrected chi connectivity index (χ0v) is 17.3. The van der Waals surface area contributed by atoms with Crippen LogP contribution in [0, 0.1) is 5.92 Å². The van der Waals surface area contributed by atoms with Crippen LogP contribution >= 0.6 is 11.3 Å². The highest BCUT2D eigenvalue weighted by Crippen LogP contribution is 2.43. The maximum absolute atomic E-state index is 11.7. The van der Waals surface area contributed by atoms with Gasteiger partial charge in [-0.3, -0.25) is 9.69 Å². The van der Waals surface area contributed by atoms with Crippen LogP contribution in [-0.4, -0.2) is 48.3 Å². The summed E-state index contributed by atoms with van der Waals surface area (Å²) < 4.78 is 12.3. The number of para-hydroxylation sites is 2. The van der Waals surface area contributed by atoms with Gasteiger partial charge >= 0.3 is 5.97 Å². The minimum Gasteiger partial charge on any atom is -0.493 e. The number of aromatic nitrogens is 1. The first-order valence-corrected chi connectivity index (χ1v) is 10.5. The van der Waals surface area contributed by atoms with Gasteiger partial charge in [0.1, 0.15) is 5.01 Å². The van der Waals surface area contributed by atoms with Gasteiger partial charge in [-0.25, -0.2) is 4.98 Å². The summed E-state index contributed by atoms with van der Waals surface area (Å²) in [5, 5.41) is 10.5. The number of aliphatic carboxylic acids is 1. The third kappa shape index (κ3) is 3.80. The summed E-state index contributed by atoms with van der Waals surface area (Å²) in [6.07, 6.45) is 1.54. The van der Waals surface area contributed by atoms with E-state index in [1.807, 2.05) is 36.4 Å². The molecule has 2 unspecified atom stereocenters. The zero-order valence-electron chi connectivity index (χ0n) is 16.5. The minimum atomic E-state index is -0.740. The Morgan fingerprint density at radius 3 is 2.76 bits per heavy atom. The highest BCUT2D eigenvalue weighted by Gasteiger charge is 2.34. The molecule has 0 radical (unpaired) electrons. The molecule has 1 aromatic heterocycles. The Morgan fingerprint density at radius 2 is 2.03 bits per heavy atom. The van der Waals surface area contributed by atoms with E-state index in [2.05, 4.69) is 11.0 Å². The molecular weight excluding hydrogens is 388 g/mol. The lowest BCUT2D eigenvalue weighted by Crippen LogP contribution is -2.41. The SMILES string of the molecule is COc1cccc(C(c2nc3ccccc3s2)N2CCCC(C(=O)O)C2)c1OC. The van der Waals surface area contributed by atoms with E-state index in [0.717, 1.165) is 33.8 Å². The van der Waals surface area contributed by atoms with Gasteiger partial charge in [-0.15, -0.1) is 11.3 Å². The number of thiazole rings is 1. The van der Waals surface area contributed by atoms with Crippen LogP contribution < -0.4 is 9.47 Å². The van der Waals surface area contributed by atoms with Crippen LogP contribution in [0.4, 0.5) is 0 Å². The molecule has 1 fully saturated rings. The minimum absolute atomic E-state index is 0.195. The van der Waals surface area contributed by atoms with Gasteiger partial charge in [0, 0.05) is 12.1 Å². The second-order valence-electron chi connectivity index (χ2n) is 7.18. The first-order chi connectivity index (χ1) is 14.1. The van der Waals surface area contributed by atoms with Crippen LogP contribution in [0.5, 0.6) is 11.5 Å². The summed E-state index contributed by atoms with van der Waals surface area (Å²) in [5.74, 6) is 0.201. The molecule has 1 aliphatic rings. The molecule has 29 heavy (non-hydrogen) atoms. The summed E-state index contributed by atoms with van der Waals surface area (Å²) in [6.45, 7) is 1.29. The van der Waals surface area contributed by atoms with Gasteiger partial charge < -0.3 is 14.6 Å². The molecule has 2 heterocycles. The van der Waals surface area contributed by atoms with Gasteiger partial charge in [0.25, 0.3) is 0 Å². The first kappa shape index (κ1) is 19.7. The number of carbonyl (C=O) groups is 1. The predicted molar refractivity (Wildman–Crippen MR) is 113 cm³/mol. The molecule has 0 aliphatic carbocycles. The number of fused-ring (bicyclic) bond motifs is 1. The summed E-state index contributed by atoms with van der Waals surface area (Å²) in [7, 11) is 3.25. The lowest BCUT2D eigenvalue weighted by molar-refractivity contribution is -0.143. The van der Waals surface area contributed by atoms with Gasteiger partial charge in [0.05, 0.1) is 36.4 Å². The first-order valence-electron chi connectivity index (χ1n) is 9.65. The number of ether oxygens (including phenoxy) is 2. The Kier molecular flexibility index (Phi) is 5.69. The quantitative estimate of drug-likeness (QED) is 0.654. The Labute approximate surface area is 173 Å². The maximum atomic E-state index is 11.7. The van der Waals surface area contributed by atoms with Crippen LogP contribution in [0.15, 0.2) is 42.5 Å². The molecule has 4 rings (SSSR count). The van der Waals surface area contributed by atoms with Gasteiger partial charge in [0.15, 0.2) is 11.5 Å².